The molecule has 1 atom stereocenters. The minimum absolute atomic E-state index is 0.219. The monoisotopic (exact) mass is 563 g/mol. The van der Waals surface area contributed by atoms with Crippen molar-refractivity contribution in [3.05, 3.63) is 76.9 Å². The molecular weight excluding hydrogens is 530 g/mol. The molecule has 0 bridgehead atoms. The van der Waals surface area contributed by atoms with Gasteiger partial charge in [0, 0.05) is 49.2 Å². The van der Waals surface area contributed by atoms with Gasteiger partial charge in [0.2, 0.25) is 5.95 Å². The van der Waals surface area contributed by atoms with E-state index in [1.807, 2.05) is 24.3 Å². The van der Waals surface area contributed by atoms with Crippen LogP contribution in [0.15, 0.2) is 60.0 Å². The lowest BCUT2D eigenvalue weighted by atomic mass is 9.72. The fourth-order valence-corrected chi connectivity index (χ4v) is 6.41. The third-order valence-electron chi connectivity index (χ3n) is 9.15. The number of hydrogen-bond acceptors (Lipinski definition) is 9. The molecule has 7 rings (SSSR count). The first kappa shape index (κ1) is 26.4. The Morgan fingerprint density at radius 1 is 1.10 bits per heavy atom. The van der Waals surface area contributed by atoms with Crippen molar-refractivity contribution in [2.75, 3.05) is 43.4 Å². The van der Waals surface area contributed by atoms with Crippen LogP contribution in [-0.2, 0) is 18.6 Å². The van der Waals surface area contributed by atoms with Gasteiger partial charge >= 0.3 is 0 Å². The topological polar surface area (TPSA) is 128 Å². The first-order valence-electron chi connectivity index (χ1n) is 14.4. The summed E-state index contributed by atoms with van der Waals surface area (Å²) in [6.07, 6.45) is 6.27. The van der Waals surface area contributed by atoms with Crippen LogP contribution in [0.25, 0.3) is 16.9 Å². The second kappa shape index (κ2) is 9.79. The molecule has 2 aliphatic carbocycles. The smallest absolute Gasteiger partial charge is 0.278 e. The van der Waals surface area contributed by atoms with Gasteiger partial charge in [-0.05, 0) is 68.6 Å². The highest BCUT2D eigenvalue weighted by molar-refractivity contribution is 5.77. The molecule has 0 amide bonds. The van der Waals surface area contributed by atoms with Crippen LogP contribution in [0.2, 0.25) is 0 Å². The van der Waals surface area contributed by atoms with E-state index in [2.05, 4.69) is 51.9 Å². The Kier molecular flexibility index (Phi) is 6.15. The Morgan fingerprint density at radius 2 is 1.86 bits per heavy atom. The molecule has 214 valence electrons. The van der Waals surface area contributed by atoms with Crippen LogP contribution in [-0.4, -0.2) is 67.5 Å². The van der Waals surface area contributed by atoms with Gasteiger partial charge in [-0.3, -0.25) is 4.79 Å². The van der Waals surface area contributed by atoms with E-state index in [0.29, 0.717) is 28.5 Å². The van der Waals surface area contributed by atoms with E-state index in [-0.39, 0.29) is 12.1 Å². The number of aromatic nitrogens is 5. The molecule has 1 saturated heterocycles. The number of allylic oxidation sites excluding steroid dienone is 1. The Morgan fingerprint density at radius 3 is 2.55 bits per heavy atom. The zero-order chi connectivity index (χ0) is 29.1. The average molecular weight is 564 g/mol. The maximum atomic E-state index is 13.4. The number of aryl methyl sites for hydroxylation is 1. The van der Waals surface area contributed by atoms with Crippen LogP contribution in [0.3, 0.4) is 0 Å². The van der Waals surface area contributed by atoms with Gasteiger partial charge in [0.1, 0.15) is 11.5 Å². The Balaban J connectivity index is 1.26. The van der Waals surface area contributed by atoms with E-state index in [4.69, 9.17) is 9.97 Å². The lowest BCUT2D eigenvalue weighted by Gasteiger charge is -2.36. The summed E-state index contributed by atoms with van der Waals surface area (Å²) in [5, 5.41) is 25.2. The summed E-state index contributed by atoms with van der Waals surface area (Å²) in [4.78, 5) is 32.1. The molecule has 2 N–H and O–H groups in total. The molecule has 4 heterocycles. The zero-order valence-electron chi connectivity index (χ0n) is 23.6. The Labute approximate surface area is 243 Å². The lowest BCUT2D eigenvalue weighted by molar-refractivity contribution is -0.000746. The van der Waals surface area contributed by atoms with Crippen molar-refractivity contribution in [3.8, 4) is 11.9 Å². The molecule has 3 aliphatic rings. The van der Waals surface area contributed by atoms with Crippen LogP contribution in [0.5, 0.6) is 0 Å². The van der Waals surface area contributed by atoms with E-state index in [1.165, 1.54) is 16.6 Å². The van der Waals surface area contributed by atoms with Crippen LogP contribution in [0, 0.1) is 16.7 Å². The number of likely N-dealkylation sites (N-methyl/N-ethyl adjacent to an activating group) is 1. The Hall–Kier alpha value is -4.53. The highest BCUT2D eigenvalue weighted by atomic mass is 16.3. The minimum atomic E-state index is -1.67. The molecule has 1 unspecified atom stereocenters. The summed E-state index contributed by atoms with van der Waals surface area (Å²) < 4.78 is 3.13. The number of benzene rings is 1. The molecule has 42 heavy (non-hydrogen) atoms. The molecule has 0 radical (unpaired) electrons. The molecule has 2 fully saturated rings. The zero-order valence-corrected chi connectivity index (χ0v) is 23.6. The van der Waals surface area contributed by atoms with Crippen molar-refractivity contribution in [3.63, 3.8) is 0 Å². The maximum Gasteiger partial charge on any atom is 0.278 e. The van der Waals surface area contributed by atoms with Gasteiger partial charge in [-0.1, -0.05) is 12.1 Å². The lowest BCUT2D eigenvalue weighted by Crippen LogP contribution is -2.44. The van der Waals surface area contributed by atoms with E-state index in [9.17, 15) is 15.2 Å². The maximum absolute atomic E-state index is 13.4. The van der Waals surface area contributed by atoms with E-state index in [1.54, 1.807) is 10.8 Å². The number of nitriles is 1. The van der Waals surface area contributed by atoms with Crippen LogP contribution >= 0.6 is 0 Å². The van der Waals surface area contributed by atoms with Crippen LogP contribution in [0.1, 0.15) is 30.5 Å². The standard InChI is InChI=1S/C31H33N9O2/c1-3-14-39-28(41)24-19-33-29(34-22-5-7-23(8-6-22)38-17-15-37(2)16-18-38)36-27(24)40(39)25-9-4-21-10-11-30(12-13-30)31(42,20-32)26(21)35-25/h3-9,19,42H,1,10-18H2,2H3,(H,33,34,36). The van der Waals surface area contributed by atoms with Crippen LogP contribution < -0.4 is 15.8 Å². The van der Waals surface area contributed by atoms with Crippen molar-refractivity contribution < 1.29 is 5.11 Å². The summed E-state index contributed by atoms with van der Waals surface area (Å²) in [5.41, 5.74) is 1.21. The van der Waals surface area contributed by atoms with Gasteiger partial charge in [0.15, 0.2) is 17.1 Å². The summed E-state index contributed by atoms with van der Waals surface area (Å²) in [6.45, 7) is 8.10. The Bertz CT molecular complexity index is 1790. The molecule has 1 aromatic carbocycles. The third kappa shape index (κ3) is 4.09. The predicted molar refractivity (Wildman–Crippen MR) is 160 cm³/mol. The summed E-state index contributed by atoms with van der Waals surface area (Å²) >= 11 is 0. The number of rotatable bonds is 6. The number of piperazine rings is 1. The van der Waals surface area contributed by atoms with Gasteiger partial charge < -0.3 is 20.2 Å². The van der Waals surface area contributed by atoms with Crippen molar-refractivity contribution in [2.45, 2.75) is 37.8 Å². The molecule has 4 aromatic rings. The molecule has 1 aliphatic heterocycles. The van der Waals surface area contributed by atoms with E-state index >= 15 is 0 Å². The molecule has 11 heteroatoms. The summed E-state index contributed by atoms with van der Waals surface area (Å²) in [6, 6.07) is 14.0. The first-order chi connectivity index (χ1) is 20.4. The van der Waals surface area contributed by atoms with Gasteiger partial charge in [-0.2, -0.15) is 10.2 Å². The quantitative estimate of drug-likeness (QED) is 0.269. The first-order valence-corrected chi connectivity index (χ1v) is 14.4. The number of aliphatic hydroxyl groups is 1. The second-order valence-corrected chi connectivity index (χ2v) is 11.7. The summed E-state index contributed by atoms with van der Waals surface area (Å²) in [7, 11) is 2.14. The van der Waals surface area contributed by atoms with Crippen molar-refractivity contribution >= 4 is 28.4 Å². The predicted octanol–water partition coefficient (Wildman–Crippen LogP) is 3.10. The molecule has 3 aromatic heterocycles. The van der Waals surface area contributed by atoms with Gasteiger partial charge in [0.05, 0.1) is 12.2 Å². The number of pyridine rings is 1. The minimum Gasteiger partial charge on any atom is -0.370 e. The fraction of sp³-hybridized carbons (Fsp3) is 0.387. The van der Waals surface area contributed by atoms with Gasteiger partial charge in [0.25, 0.3) is 5.56 Å². The van der Waals surface area contributed by atoms with Crippen molar-refractivity contribution in [1.82, 2.24) is 29.2 Å². The van der Waals surface area contributed by atoms with Crippen LogP contribution in [0.4, 0.5) is 17.3 Å². The van der Waals surface area contributed by atoms with Crippen molar-refractivity contribution in [2.24, 2.45) is 5.41 Å². The van der Waals surface area contributed by atoms with E-state index < -0.39 is 11.0 Å². The second-order valence-electron chi connectivity index (χ2n) is 11.7. The largest absolute Gasteiger partial charge is 0.370 e. The number of hydrogen-bond donors (Lipinski definition) is 2. The highest BCUT2D eigenvalue weighted by Crippen LogP contribution is 2.63. The SMILES string of the molecule is C=CCn1c(=O)c2cnc(Nc3ccc(N4CCN(C)CC4)cc3)nc2n1-c1ccc2c(n1)C(O)(C#N)C1(CC2)CC1. The molecule has 1 saturated carbocycles. The number of nitrogens with zero attached hydrogens (tertiary/aromatic N) is 8. The van der Waals surface area contributed by atoms with E-state index in [0.717, 1.165) is 63.1 Å². The van der Waals surface area contributed by atoms with Gasteiger partial charge in [-0.15, -0.1) is 6.58 Å². The van der Waals surface area contributed by atoms with Crippen molar-refractivity contribution in [1.29, 1.82) is 5.26 Å². The third-order valence-corrected chi connectivity index (χ3v) is 9.15. The molecule has 1 spiro atoms. The normalized spacial score (nSPS) is 21.2. The molecular formula is C31H33N9O2. The number of fused-ring (bicyclic) bond motifs is 2. The molecule has 11 nitrogen and oxygen atoms in total. The fourth-order valence-electron chi connectivity index (χ4n) is 6.41. The number of anilines is 3. The number of nitrogens with one attached hydrogen (secondary N) is 1. The summed E-state index contributed by atoms with van der Waals surface area (Å²) in [5.74, 6) is 0.734. The average Bonchev–Trinajstić information content (AvgIpc) is 3.76. The highest BCUT2D eigenvalue weighted by Gasteiger charge is 2.63. The van der Waals surface area contributed by atoms with Gasteiger partial charge in [-0.25, -0.2) is 19.3 Å².